The van der Waals surface area contributed by atoms with E-state index in [2.05, 4.69) is 34.6 Å². The molecule has 0 aromatic carbocycles. The summed E-state index contributed by atoms with van der Waals surface area (Å²) >= 11 is 0. The van der Waals surface area contributed by atoms with Crippen LogP contribution in [0.25, 0.3) is 0 Å². The van der Waals surface area contributed by atoms with Crippen molar-refractivity contribution in [1.29, 1.82) is 0 Å². The maximum atomic E-state index is 5.37. The van der Waals surface area contributed by atoms with Crippen molar-refractivity contribution in [2.75, 3.05) is 6.61 Å². The molecule has 1 unspecified atom stereocenters. The molecule has 0 radical (unpaired) electrons. The topological polar surface area (TPSA) is 9.23 Å². The molecule has 0 aromatic heterocycles. The highest BCUT2D eigenvalue weighted by Gasteiger charge is 2.24. The van der Waals surface area contributed by atoms with Crippen molar-refractivity contribution in [3.63, 3.8) is 0 Å². The second-order valence-electron chi connectivity index (χ2n) is 5.15. The standard InChI is InChI=1S/C10H24OSi/c1-8(2)6-9(7-11-12)10(3,4)5/h8-9H,6-7H2,1-5,12H3. The Morgan fingerprint density at radius 1 is 1.25 bits per heavy atom. The van der Waals surface area contributed by atoms with Gasteiger partial charge in [0.05, 0.1) is 0 Å². The van der Waals surface area contributed by atoms with Crippen molar-refractivity contribution < 1.29 is 4.43 Å². The molecule has 0 N–H and O–H groups in total. The third-order valence-electron chi connectivity index (χ3n) is 2.35. The summed E-state index contributed by atoms with van der Waals surface area (Å²) in [5, 5.41) is 0. The van der Waals surface area contributed by atoms with Crippen LogP contribution >= 0.6 is 0 Å². The third kappa shape index (κ3) is 4.94. The van der Waals surface area contributed by atoms with Crippen LogP contribution in [0.5, 0.6) is 0 Å². The lowest BCUT2D eigenvalue weighted by Crippen LogP contribution is -2.26. The largest absolute Gasteiger partial charge is 0.428 e. The van der Waals surface area contributed by atoms with Crippen LogP contribution in [-0.2, 0) is 4.43 Å². The Labute approximate surface area is 80.4 Å². The Kier molecular flexibility index (Phi) is 5.10. The molecule has 0 aromatic rings. The molecule has 0 fully saturated rings. The Balaban J connectivity index is 4.04. The van der Waals surface area contributed by atoms with Gasteiger partial charge in [-0.05, 0) is 23.7 Å². The molecule has 0 rings (SSSR count). The Morgan fingerprint density at radius 3 is 2.00 bits per heavy atom. The van der Waals surface area contributed by atoms with E-state index < -0.39 is 0 Å². The smallest absolute Gasteiger partial charge is 0.145 e. The minimum Gasteiger partial charge on any atom is -0.428 e. The van der Waals surface area contributed by atoms with E-state index in [0.29, 0.717) is 5.41 Å². The zero-order valence-electron chi connectivity index (χ0n) is 9.48. The van der Waals surface area contributed by atoms with E-state index in [1.807, 2.05) is 0 Å². The zero-order chi connectivity index (χ0) is 9.78. The fourth-order valence-corrected chi connectivity index (χ4v) is 1.84. The summed E-state index contributed by atoms with van der Waals surface area (Å²) in [4.78, 5) is 0. The zero-order valence-corrected chi connectivity index (χ0v) is 11.5. The quantitative estimate of drug-likeness (QED) is 0.613. The van der Waals surface area contributed by atoms with Gasteiger partial charge in [-0.2, -0.15) is 0 Å². The molecule has 0 spiro atoms. The summed E-state index contributed by atoms with van der Waals surface area (Å²) in [6.07, 6.45) is 1.28. The molecule has 1 nitrogen and oxygen atoms in total. The molecular formula is C10H24OSi. The first-order valence-corrected chi connectivity index (χ1v) is 5.68. The maximum absolute atomic E-state index is 5.37. The fraction of sp³-hybridized carbons (Fsp3) is 1.00. The Hall–Kier alpha value is 0.177. The summed E-state index contributed by atoms with van der Waals surface area (Å²) < 4.78 is 5.37. The third-order valence-corrected chi connectivity index (χ3v) is 2.68. The van der Waals surface area contributed by atoms with Gasteiger partial charge in [0.2, 0.25) is 0 Å². The molecule has 0 heterocycles. The monoisotopic (exact) mass is 188 g/mol. The van der Waals surface area contributed by atoms with Crippen LogP contribution in [0.2, 0.25) is 0 Å². The molecule has 2 heteroatoms. The van der Waals surface area contributed by atoms with Crippen molar-refractivity contribution in [1.82, 2.24) is 0 Å². The molecule has 0 aliphatic carbocycles. The van der Waals surface area contributed by atoms with Gasteiger partial charge in [-0.3, -0.25) is 0 Å². The minimum atomic E-state index is 0.397. The van der Waals surface area contributed by atoms with E-state index in [9.17, 15) is 0 Å². The second kappa shape index (κ2) is 5.03. The van der Waals surface area contributed by atoms with Gasteiger partial charge in [0.15, 0.2) is 0 Å². The van der Waals surface area contributed by atoms with Crippen LogP contribution in [0.3, 0.4) is 0 Å². The van der Waals surface area contributed by atoms with Gasteiger partial charge >= 0.3 is 0 Å². The highest BCUT2D eigenvalue weighted by Crippen LogP contribution is 2.31. The molecule has 12 heavy (non-hydrogen) atoms. The predicted octanol–water partition coefficient (Wildman–Crippen LogP) is 1.99. The van der Waals surface area contributed by atoms with Gasteiger partial charge in [-0.15, -0.1) is 0 Å². The summed E-state index contributed by atoms with van der Waals surface area (Å²) in [5.74, 6) is 1.50. The summed E-state index contributed by atoms with van der Waals surface area (Å²) in [5.41, 5.74) is 0.397. The highest BCUT2D eigenvalue weighted by molar-refractivity contribution is 5.97. The van der Waals surface area contributed by atoms with Crippen LogP contribution in [0.4, 0.5) is 0 Å². The van der Waals surface area contributed by atoms with E-state index in [0.717, 1.165) is 28.9 Å². The Morgan fingerprint density at radius 2 is 1.75 bits per heavy atom. The summed E-state index contributed by atoms with van der Waals surface area (Å²) in [6.45, 7) is 12.4. The number of hydrogen-bond donors (Lipinski definition) is 0. The van der Waals surface area contributed by atoms with Gasteiger partial charge in [0.1, 0.15) is 10.5 Å². The van der Waals surface area contributed by atoms with Crippen molar-refractivity contribution in [3.05, 3.63) is 0 Å². The van der Waals surface area contributed by atoms with E-state index in [-0.39, 0.29) is 0 Å². The van der Waals surface area contributed by atoms with Crippen LogP contribution in [0.15, 0.2) is 0 Å². The first-order valence-electron chi connectivity index (χ1n) is 4.87. The van der Waals surface area contributed by atoms with E-state index in [1.165, 1.54) is 6.42 Å². The van der Waals surface area contributed by atoms with Gasteiger partial charge in [-0.25, -0.2) is 0 Å². The average molecular weight is 188 g/mol. The first-order chi connectivity index (χ1) is 5.38. The molecule has 0 bridgehead atoms. The molecule has 0 aliphatic rings. The Bertz CT molecular complexity index is 115. The second-order valence-corrected chi connectivity index (χ2v) is 5.73. The van der Waals surface area contributed by atoms with Crippen molar-refractivity contribution in [2.45, 2.75) is 41.0 Å². The van der Waals surface area contributed by atoms with Crippen LogP contribution < -0.4 is 0 Å². The van der Waals surface area contributed by atoms with Gasteiger partial charge in [0.25, 0.3) is 0 Å². The summed E-state index contributed by atoms with van der Waals surface area (Å²) in [6, 6.07) is 0. The van der Waals surface area contributed by atoms with Crippen molar-refractivity contribution in [2.24, 2.45) is 17.3 Å². The number of hydrogen-bond acceptors (Lipinski definition) is 1. The molecule has 0 amide bonds. The van der Waals surface area contributed by atoms with Crippen LogP contribution in [-0.4, -0.2) is 17.1 Å². The highest BCUT2D eigenvalue weighted by atomic mass is 28.2. The van der Waals surface area contributed by atoms with E-state index in [4.69, 9.17) is 4.43 Å². The summed E-state index contributed by atoms with van der Waals surface area (Å²) in [7, 11) is 0.871. The van der Waals surface area contributed by atoms with Crippen LogP contribution in [0.1, 0.15) is 41.0 Å². The molecule has 74 valence electrons. The maximum Gasteiger partial charge on any atom is 0.145 e. The lowest BCUT2D eigenvalue weighted by molar-refractivity contribution is 0.131. The average Bonchev–Trinajstić information content (AvgIpc) is 1.83. The predicted molar refractivity (Wildman–Crippen MR) is 58.3 cm³/mol. The minimum absolute atomic E-state index is 0.397. The SMILES string of the molecule is CC(C)CC(CO[SiH3])C(C)(C)C. The van der Waals surface area contributed by atoms with Gasteiger partial charge in [0, 0.05) is 6.61 Å². The molecule has 0 saturated heterocycles. The molecule has 0 saturated carbocycles. The lowest BCUT2D eigenvalue weighted by atomic mass is 9.77. The first kappa shape index (κ1) is 12.2. The van der Waals surface area contributed by atoms with Crippen molar-refractivity contribution >= 4 is 10.5 Å². The van der Waals surface area contributed by atoms with E-state index in [1.54, 1.807) is 0 Å². The van der Waals surface area contributed by atoms with Crippen LogP contribution in [0, 0.1) is 17.3 Å². The van der Waals surface area contributed by atoms with Gasteiger partial charge < -0.3 is 4.43 Å². The van der Waals surface area contributed by atoms with Gasteiger partial charge in [-0.1, -0.05) is 34.6 Å². The van der Waals surface area contributed by atoms with E-state index >= 15 is 0 Å². The number of rotatable bonds is 4. The molecular weight excluding hydrogens is 164 g/mol. The lowest BCUT2D eigenvalue weighted by Gasteiger charge is -2.31. The fourth-order valence-electron chi connectivity index (χ4n) is 1.44. The molecule has 0 aliphatic heterocycles. The normalized spacial score (nSPS) is 15.5. The molecule has 1 atom stereocenters. The van der Waals surface area contributed by atoms with Crippen molar-refractivity contribution in [3.8, 4) is 0 Å².